The molecule has 1 fully saturated rings. The molecule has 20 heavy (non-hydrogen) atoms. The summed E-state index contributed by atoms with van der Waals surface area (Å²) in [7, 11) is 0. The van der Waals surface area contributed by atoms with Gasteiger partial charge in [0.1, 0.15) is 0 Å². The molecule has 0 aromatic carbocycles. The van der Waals surface area contributed by atoms with Crippen molar-refractivity contribution in [1.82, 2.24) is 10.1 Å². The van der Waals surface area contributed by atoms with Gasteiger partial charge in [-0.05, 0) is 24.2 Å². The lowest BCUT2D eigenvalue weighted by Gasteiger charge is -2.46. The summed E-state index contributed by atoms with van der Waals surface area (Å²) >= 11 is 0. The highest BCUT2D eigenvalue weighted by Gasteiger charge is 2.45. The number of aliphatic hydroxyl groups is 1. The Kier molecular flexibility index (Phi) is 4.24. The second-order valence-electron chi connectivity index (χ2n) is 7.65. The van der Waals surface area contributed by atoms with E-state index in [2.05, 4.69) is 30.9 Å². The van der Waals surface area contributed by atoms with Crippen molar-refractivity contribution in [2.24, 2.45) is 11.3 Å². The molecule has 4 heteroatoms. The minimum absolute atomic E-state index is 0.0933. The van der Waals surface area contributed by atoms with Gasteiger partial charge in [-0.1, -0.05) is 52.6 Å². The molecule has 2 rings (SSSR count). The maximum absolute atomic E-state index is 11.1. The first kappa shape index (κ1) is 15.5. The monoisotopic (exact) mass is 280 g/mol. The molecule has 0 radical (unpaired) electrons. The largest absolute Gasteiger partial charge is 0.389 e. The van der Waals surface area contributed by atoms with Crippen molar-refractivity contribution in [2.45, 2.75) is 78.2 Å². The quantitative estimate of drug-likeness (QED) is 0.917. The number of nitrogens with zero attached hydrogens (tertiary/aromatic N) is 2. The second-order valence-corrected chi connectivity index (χ2v) is 7.65. The predicted octanol–water partition coefficient (Wildman–Crippen LogP) is 3.70. The van der Waals surface area contributed by atoms with Crippen LogP contribution in [0.2, 0.25) is 0 Å². The van der Waals surface area contributed by atoms with Crippen molar-refractivity contribution < 1.29 is 9.63 Å². The zero-order valence-electron chi connectivity index (χ0n) is 13.4. The Morgan fingerprint density at radius 1 is 1.35 bits per heavy atom. The van der Waals surface area contributed by atoms with Crippen molar-refractivity contribution >= 4 is 0 Å². The fourth-order valence-corrected chi connectivity index (χ4v) is 3.51. The molecule has 1 aromatic rings. The molecule has 0 saturated heterocycles. The standard InChI is InChI=1S/C16H28N2O2/c1-11(2)14-17-13(20-18-14)10-16(19)9-7-6-8-12(16)15(3,4)5/h11-12,19H,6-10H2,1-5H3/t12-,16+/m0/s1. The average Bonchev–Trinajstić information content (AvgIpc) is 2.75. The van der Waals surface area contributed by atoms with Crippen molar-refractivity contribution in [1.29, 1.82) is 0 Å². The Morgan fingerprint density at radius 2 is 2.05 bits per heavy atom. The van der Waals surface area contributed by atoms with E-state index in [4.69, 9.17) is 4.52 Å². The van der Waals surface area contributed by atoms with Gasteiger partial charge in [0, 0.05) is 5.92 Å². The molecule has 0 unspecified atom stereocenters. The van der Waals surface area contributed by atoms with Crippen LogP contribution in [0.15, 0.2) is 4.52 Å². The normalized spacial score (nSPS) is 28.1. The molecule has 114 valence electrons. The van der Waals surface area contributed by atoms with E-state index in [1.807, 2.05) is 13.8 Å². The third-order valence-electron chi connectivity index (χ3n) is 4.50. The molecule has 0 aliphatic heterocycles. The van der Waals surface area contributed by atoms with Gasteiger partial charge in [-0.3, -0.25) is 0 Å². The maximum Gasteiger partial charge on any atom is 0.229 e. The van der Waals surface area contributed by atoms with Gasteiger partial charge < -0.3 is 9.63 Å². The molecule has 1 aliphatic carbocycles. The Balaban J connectivity index is 2.18. The smallest absolute Gasteiger partial charge is 0.229 e. The first-order valence-corrected chi connectivity index (χ1v) is 7.77. The van der Waals surface area contributed by atoms with Crippen LogP contribution in [0.5, 0.6) is 0 Å². The summed E-state index contributed by atoms with van der Waals surface area (Å²) in [6.45, 7) is 10.7. The molecular formula is C16H28N2O2. The summed E-state index contributed by atoms with van der Waals surface area (Å²) in [5.41, 5.74) is -0.618. The van der Waals surface area contributed by atoms with E-state index in [0.717, 1.165) is 25.1 Å². The first-order valence-electron chi connectivity index (χ1n) is 7.77. The van der Waals surface area contributed by atoms with Gasteiger partial charge in [0.25, 0.3) is 0 Å². The number of hydrogen-bond donors (Lipinski definition) is 1. The third kappa shape index (κ3) is 3.22. The minimum atomic E-state index is -0.711. The Bertz CT molecular complexity index is 448. The van der Waals surface area contributed by atoms with Gasteiger partial charge in [0.05, 0.1) is 12.0 Å². The van der Waals surface area contributed by atoms with Crippen molar-refractivity contribution in [3.8, 4) is 0 Å². The Hall–Kier alpha value is -0.900. The number of rotatable bonds is 3. The first-order chi connectivity index (χ1) is 9.22. The molecule has 1 N–H and O–H groups in total. The van der Waals surface area contributed by atoms with E-state index in [9.17, 15) is 5.11 Å². The SMILES string of the molecule is CC(C)c1noc(C[C@]2(O)CCCC[C@H]2C(C)(C)C)n1. The topological polar surface area (TPSA) is 59.2 Å². The molecule has 1 aromatic heterocycles. The lowest BCUT2D eigenvalue weighted by molar-refractivity contribution is -0.0926. The van der Waals surface area contributed by atoms with Crippen molar-refractivity contribution in [2.75, 3.05) is 0 Å². The Labute approximate surface area is 122 Å². The van der Waals surface area contributed by atoms with Crippen molar-refractivity contribution in [3.05, 3.63) is 11.7 Å². The summed E-state index contributed by atoms with van der Waals surface area (Å²) in [5, 5.41) is 15.1. The fourth-order valence-electron chi connectivity index (χ4n) is 3.51. The average molecular weight is 280 g/mol. The molecule has 2 atom stereocenters. The molecule has 1 heterocycles. The van der Waals surface area contributed by atoms with E-state index in [1.165, 1.54) is 6.42 Å². The Morgan fingerprint density at radius 3 is 2.60 bits per heavy atom. The molecule has 1 saturated carbocycles. The summed E-state index contributed by atoms with van der Waals surface area (Å²) in [4.78, 5) is 4.43. The van der Waals surface area contributed by atoms with Crippen LogP contribution < -0.4 is 0 Å². The van der Waals surface area contributed by atoms with Gasteiger partial charge >= 0.3 is 0 Å². The fraction of sp³-hybridized carbons (Fsp3) is 0.875. The zero-order valence-corrected chi connectivity index (χ0v) is 13.4. The summed E-state index contributed by atoms with van der Waals surface area (Å²) in [6, 6.07) is 0. The van der Waals surface area contributed by atoms with E-state index >= 15 is 0 Å². The van der Waals surface area contributed by atoms with Crippen LogP contribution in [0.3, 0.4) is 0 Å². The summed E-state index contributed by atoms with van der Waals surface area (Å²) in [5.74, 6) is 1.84. The minimum Gasteiger partial charge on any atom is -0.389 e. The van der Waals surface area contributed by atoms with Crippen LogP contribution in [0.25, 0.3) is 0 Å². The highest BCUT2D eigenvalue weighted by atomic mass is 16.5. The van der Waals surface area contributed by atoms with Crippen LogP contribution in [-0.4, -0.2) is 20.8 Å². The van der Waals surface area contributed by atoms with Gasteiger partial charge in [0.2, 0.25) is 5.89 Å². The highest BCUT2D eigenvalue weighted by molar-refractivity contribution is 5.02. The van der Waals surface area contributed by atoms with Crippen LogP contribution in [-0.2, 0) is 6.42 Å². The molecule has 0 spiro atoms. The number of hydrogen-bond acceptors (Lipinski definition) is 4. The van der Waals surface area contributed by atoms with E-state index in [-0.39, 0.29) is 17.3 Å². The second kappa shape index (κ2) is 5.47. The molecule has 1 aliphatic rings. The molecular weight excluding hydrogens is 252 g/mol. The van der Waals surface area contributed by atoms with E-state index in [0.29, 0.717) is 12.3 Å². The number of aromatic nitrogens is 2. The van der Waals surface area contributed by atoms with Gasteiger partial charge in [-0.2, -0.15) is 4.98 Å². The molecule has 0 amide bonds. The highest BCUT2D eigenvalue weighted by Crippen LogP contribution is 2.45. The third-order valence-corrected chi connectivity index (χ3v) is 4.50. The van der Waals surface area contributed by atoms with Gasteiger partial charge in [0.15, 0.2) is 5.82 Å². The van der Waals surface area contributed by atoms with Gasteiger partial charge in [-0.15, -0.1) is 0 Å². The predicted molar refractivity (Wildman–Crippen MR) is 78.5 cm³/mol. The summed E-state index contributed by atoms with van der Waals surface area (Å²) < 4.78 is 5.33. The van der Waals surface area contributed by atoms with Crippen LogP contribution in [0.1, 0.15) is 77.9 Å². The zero-order chi connectivity index (χ0) is 15.0. The molecule has 0 bridgehead atoms. The lowest BCUT2D eigenvalue weighted by atomic mass is 9.63. The van der Waals surface area contributed by atoms with E-state index < -0.39 is 5.60 Å². The van der Waals surface area contributed by atoms with Gasteiger partial charge in [-0.25, -0.2) is 0 Å². The van der Waals surface area contributed by atoms with Crippen LogP contribution in [0, 0.1) is 11.3 Å². The lowest BCUT2D eigenvalue weighted by Crippen LogP contribution is -2.48. The maximum atomic E-state index is 11.1. The van der Waals surface area contributed by atoms with Crippen LogP contribution in [0.4, 0.5) is 0 Å². The molecule has 4 nitrogen and oxygen atoms in total. The summed E-state index contributed by atoms with van der Waals surface area (Å²) in [6.07, 6.45) is 4.66. The van der Waals surface area contributed by atoms with Crippen LogP contribution >= 0.6 is 0 Å². The van der Waals surface area contributed by atoms with Crippen molar-refractivity contribution in [3.63, 3.8) is 0 Å². The van der Waals surface area contributed by atoms with E-state index in [1.54, 1.807) is 0 Å².